The minimum atomic E-state index is -3.80. The molecule has 0 aliphatic carbocycles. The summed E-state index contributed by atoms with van der Waals surface area (Å²) in [7, 11) is -3.80. The lowest BCUT2D eigenvalue weighted by Gasteiger charge is -2.17. The lowest BCUT2D eigenvalue weighted by atomic mass is 10.3. The van der Waals surface area contributed by atoms with E-state index in [1.807, 2.05) is 0 Å². The first-order valence-corrected chi connectivity index (χ1v) is 5.37. The van der Waals surface area contributed by atoms with Crippen molar-refractivity contribution in [2.45, 2.75) is 32.4 Å². The van der Waals surface area contributed by atoms with Gasteiger partial charge in [0.15, 0.2) is 0 Å². The molecule has 14 heavy (non-hydrogen) atoms. The van der Waals surface area contributed by atoms with Crippen molar-refractivity contribution >= 4 is 16.0 Å². The Morgan fingerprint density at radius 1 is 1.36 bits per heavy atom. The van der Waals surface area contributed by atoms with Crippen LogP contribution in [0, 0.1) is 0 Å². The molecule has 6 heteroatoms. The highest BCUT2D eigenvalue weighted by molar-refractivity contribution is 7.88. The number of hydrogen-bond acceptors (Lipinski definition) is 4. The van der Waals surface area contributed by atoms with Crippen LogP contribution in [0.5, 0.6) is 0 Å². The van der Waals surface area contributed by atoms with E-state index in [1.54, 1.807) is 5.48 Å². The first kappa shape index (κ1) is 13.1. The summed E-state index contributed by atoms with van der Waals surface area (Å²) in [5.74, 6) is -0.655. The molecule has 0 fully saturated rings. The minimum absolute atomic E-state index is 0.175. The number of nitrogens with one attached hydrogen (secondary N) is 1. The van der Waals surface area contributed by atoms with Gasteiger partial charge >= 0.3 is 0 Å². The third kappa shape index (κ3) is 3.47. The van der Waals surface area contributed by atoms with Crippen molar-refractivity contribution in [3.8, 4) is 0 Å². The SMILES string of the molecule is C=C(C)C(=O)NOS(=O)(=O)C(C)(C)C. The van der Waals surface area contributed by atoms with E-state index in [9.17, 15) is 13.2 Å². The van der Waals surface area contributed by atoms with Crippen LogP contribution in [-0.4, -0.2) is 19.1 Å². The van der Waals surface area contributed by atoms with Gasteiger partial charge in [-0.3, -0.25) is 4.79 Å². The second-order valence-electron chi connectivity index (χ2n) is 3.86. The third-order valence-electron chi connectivity index (χ3n) is 1.38. The molecule has 0 rings (SSSR count). The maximum atomic E-state index is 11.3. The Morgan fingerprint density at radius 2 is 1.79 bits per heavy atom. The summed E-state index contributed by atoms with van der Waals surface area (Å²) in [4.78, 5) is 10.9. The topological polar surface area (TPSA) is 72.5 Å². The first-order chi connectivity index (χ1) is 6.08. The van der Waals surface area contributed by atoms with Gasteiger partial charge in [-0.05, 0) is 27.7 Å². The Morgan fingerprint density at radius 3 is 2.07 bits per heavy atom. The third-order valence-corrected chi connectivity index (χ3v) is 3.18. The lowest BCUT2D eigenvalue weighted by Crippen LogP contribution is -2.36. The summed E-state index contributed by atoms with van der Waals surface area (Å²) in [6.45, 7) is 9.18. The van der Waals surface area contributed by atoms with Gasteiger partial charge in [-0.15, -0.1) is 4.28 Å². The molecule has 0 atom stereocenters. The van der Waals surface area contributed by atoms with E-state index in [0.29, 0.717) is 0 Å². The molecule has 5 nitrogen and oxygen atoms in total. The zero-order chi connectivity index (χ0) is 11.6. The molecule has 0 aromatic rings. The standard InChI is InChI=1S/C8H15NO4S/c1-6(2)7(10)9-13-14(11,12)8(3,4)5/h1H2,2-5H3,(H,9,10). The van der Waals surface area contributed by atoms with Crippen LogP contribution in [-0.2, 0) is 19.2 Å². The second kappa shape index (κ2) is 4.10. The van der Waals surface area contributed by atoms with Crippen molar-refractivity contribution in [3.05, 3.63) is 12.2 Å². The van der Waals surface area contributed by atoms with E-state index < -0.39 is 20.8 Å². The van der Waals surface area contributed by atoms with Crippen LogP contribution in [0.2, 0.25) is 0 Å². The molecule has 0 unspecified atom stereocenters. The summed E-state index contributed by atoms with van der Waals surface area (Å²) in [5, 5.41) is 0. The minimum Gasteiger partial charge on any atom is -0.267 e. The molecule has 1 amide bonds. The molecular formula is C8H15NO4S. The van der Waals surface area contributed by atoms with Gasteiger partial charge < -0.3 is 0 Å². The highest BCUT2D eigenvalue weighted by Gasteiger charge is 2.31. The number of amides is 1. The molecule has 0 aromatic heterocycles. The molecule has 0 saturated carbocycles. The quantitative estimate of drug-likeness (QED) is 0.563. The summed E-state index contributed by atoms with van der Waals surface area (Å²) < 4.78 is 25.9. The molecule has 82 valence electrons. The highest BCUT2D eigenvalue weighted by Crippen LogP contribution is 2.15. The van der Waals surface area contributed by atoms with Gasteiger partial charge in [0.05, 0.1) is 4.75 Å². The van der Waals surface area contributed by atoms with Crippen LogP contribution < -0.4 is 5.48 Å². The smallest absolute Gasteiger partial charge is 0.267 e. The predicted octanol–water partition coefficient (Wildman–Crippen LogP) is 0.739. The van der Waals surface area contributed by atoms with Gasteiger partial charge in [-0.25, -0.2) is 5.48 Å². The molecule has 0 saturated heterocycles. The van der Waals surface area contributed by atoms with E-state index in [-0.39, 0.29) is 5.57 Å². The van der Waals surface area contributed by atoms with E-state index in [1.165, 1.54) is 27.7 Å². The normalized spacial score (nSPS) is 12.3. The largest absolute Gasteiger partial charge is 0.292 e. The van der Waals surface area contributed by atoms with Crippen molar-refractivity contribution in [3.63, 3.8) is 0 Å². The van der Waals surface area contributed by atoms with Gasteiger partial charge in [0.2, 0.25) is 0 Å². The van der Waals surface area contributed by atoms with Crippen molar-refractivity contribution in [2.24, 2.45) is 0 Å². The lowest BCUT2D eigenvalue weighted by molar-refractivity contribution is -0.123. The van der Waals surface area contributed by atoms with Crippen LogP contribution in [0.15, 0.2) is 12.2 Å². The number of rotatable bonds is 3. The molecular weight excluding hydrogens is 206 g/mol. The van der Waals surface area contributed by atoms with Crippen LogP contribution in [0.3, 0.4) is 0 Å². The van der Waals surface area contributed by atoms with Crippen LogP contribution in [0.1, 0.15) is 27.7 Å². The molecule has 0 radical (unpaired) electrons. The maximum Gasteiger partial charge on any atom is 0.292 e. The number of hydroxylamine groups is 1. The van der Waals surface area contributed by atoms with E-state index in [4.69, 9.17) is 0 Å². The van der Waals surface area contributed by atoms with E-state index in [0.717, 1.165) is 0 Å². The zero-order valence-electron chi connectivity index (χ0n) is 8.75. The van der Waals surface area contributed by atoms with Gasteiger partial charge in [-0.2, -0.15) is 8.42 Å². The van der Waals surface area contributed by atoms with E-state index >= 15 is 0 Å². The fourth-order valence-corrected chi connectivity index (χ4v) is 0.740. The molecule has 0 aliphatic heterocycles. The Labute approximate surface area is 84.2 Å². The number of carbonyl (C=O) groups excluding carboxylic acids is 1. The van der Waals surface area contributed by atoms with Crippen molar-refractivity contribution in [1.82, 2.24) is 5.48 Å². The summed E-state index contributed by atoms with van der Waals surface area (Å²) >= 11 is 0. The van der Waals surface area contributed by atoms with Crippen molar-refractivity contribution in [2.75, 3.05) is 0 Å². The fourth-order valence-electron chi connectivity index (χ4n) is 0.305. The second-order valence-corrected chi connectivity index (χ2v) is 6.16. The molecule has 1 N–H and O–H groups in total. The van der Waals surface area contributed by atoms with Crippen molar-refractivity contribution in [1.29, 1.82) is 0 Å². The summed E-state index contributed by atoms with van der Waals surface area (Å²) in [6, 6.07) is 0. The summed E-state index contributed by atoms with van der Waals surface area (Å²) in [5.41, 5.74) is 1.98. The molecule has 0 aromatic carbocycles. The van der Waals surface area contributed by atoms with Gasteiger partial charge in [-0.1, -0.05) is 6.58 Å². The average Bonchev–Trinajstić information content (AvgIpc) is 1.97. The Balaban J connectivity index is 4.44. The predicted molar refractivity (Wildman–Crippen MR) is 52.7 cm³/mol. The Kier molecular flexibility index (Phi) is 3.84. The van der Waals surface area contributed by atoms with E-state index in [2.05, 4.69) is 10.9 Å². The van der Waals surface area contributed by atoms with Gasteiger partial charge in [0.25, 0.3) is 16.0 Å². The molecule has 0 heterocycles. The van der Waals surface area contributed by atoms with Crippen LogP contribution in [0.25, 0.3) is 0 Å². The van der Waals surface area contributed by atoms with Gasteiger partial charge in [0.1, 0.15) is 0 Å². The summed E-state index contributed by atoms with van der Waals surface area (Å²) in [6.07, 6.45) is 0. The molecule has 0 bridgehead atoms. The highest BCUT2D eigenvalue weighted by atomic mass is 32.2. The maximum absolute atomic E-state index is 11.3. The molecule has 0 spiro atoms. The van der Waals surface area contributed by atoms with Gasteiger partial charge in [0, 0.05) is 5.57 Å². The Hall–Kier alpha value is -0.880. The van der Waals surface area contributed by atoms with Crippen LogP contribution in [0.4, 0.5) is 0 Å². The van der Waals surface area contributed by atoms with Crippen LogP contribution >= 0.6 is 0 Å². The number of hydrogen-bond donors (Lipinski definition) is 1. The average molecular weight is 221 g/mol. The van der Waals surface area contributed by atoms with Crippen molar-refractivity contribution < 1.29 is 17.5 Å². The molecule has 0 aliphatic rings. The zero-order valence-corrected chi connectivity index (χ0v) is 9.56. The monoisotopic (exact) mass is 221 g/mol. The Bertz CT molecular complexity index is 337. The fraction of sp³-hybridized carbons (Fsp3) is 0.625. The number of carbonyl (C=O) groups is 1. The first-order valence-electron chi connectivity index (χ1n) is 3.97.